The molecule has 0 unspecified atom stereocenters. The maximum Gasteiger partial charge on any atom is 0.187 e. The topological polar surface area (TPSA) is 55.7 Å². The molecule has 0 saturated heterocycles. The Hall–Kier alpha value is -1.62. The van der Waals surface area contributed by atoms with Crippen molar-refractivity contribution in [1.29, 1.82) is 0 Å². The van der Waals surface area contributed by atoms with Gasteiger partial charge in [-0.15, -0.1) is 0 Å². The van der Waals surface area contributed by atoms with Crippen molar-refractivity contribution in [1.82, 2.24) is 15.0 Å². The predicted molar refractivity (Wildman–Crippen MR) is 62.0 cm³/mol. The highest BCUT2D eigenvalue weighted by molar-refractivity contribution is 9.10. The molecule has 2 rings (SSSR count). The van der Waals surface area contributed by atoms with Crippen molar-refractivity contribution in [2.45, 2.75) is 6.42 Å². The Labute approximate surface area is 101 Å². The van der Waals surface area contributed by atoms with E-state index in [1.165, 1.54) is 6.33 Å². The van der Waals surface area contributed by atoms with Crippen LogP contribution in [0, 0.1) is 0 Å². The van der Waals surface area contributed by atoms with Gasteiger partial charge in [-0.1, -0.05) is 0 Å². The average molecular weight is 278 g/mol. The van der Waals surface area contributed by atoms with Gasteiger partial charge in [0.25, 0.3) is 0 Å². The molecule has 0 aliphatic carbocycles. The SMILES string of the molecule is O=C(Cc1ccc(Br)cn1)c1ccncn1. The van der Waals surface area contributed by atoms with Crippen molar-refractivity contribution in [3.63, 3.8) is 0 Å². The van der Waals surface area contributed by atoms with Crippen LogP contribution in [0.25, 0.3) is 0 Å². The molecule has 5 heteroatoms. The van der Waals surface area contributed by atoms with Crippen LogP contribution in [0.1, 0.15) is 16.2 Å². The molecule has 80 valence electrons. The molecule has 0 aromatic carbocycles. The lowest BCUT2D eigenvalue weighted by Crippen LogP contribution is -2.07. The van der Waals surface area contributed by atoms with Crippen LogP contribution >= 0.6 is 15.9 Å². The van der Waals surface area contributed by atoms with Crippen LogP contribution in [-0.4, -0.2) is 20.7 Å². The maximum atomic E-state index is 11.8. The minimum absolute atomic E-state index is 0.0581. The van der Waals surface area contributed by atoms with Crippen LogP contribution < -0.4 is 0 Å². The van der Waals surface area contributed by atoms with E-state index in [9.17, 15) is 4.79 Å². The highest BCUT2D eigenvalue weighted by Crippen LogP contribution is 2.09. The van der Waals surface area contributed by atoms with Gasteiger partial charge in [0.05, 0.1) is 6.42 Å². The van der Waals surface area contributed by atoms with Gasteiger partial charge in [0.2, 0.25) is 0 Å². The van der Waals surface area contributed by atoms with Crippen LogP contribution in [0.2, 0.25) is 0 Å². The van der Waals surface area contributed by atoms with E-state index in [2.05, 4.69) is 30.9 Å². The van der Waals surface area contributed by atoms with Gasteiger partial charge in [-0.25, -0.2) is 9.97 Å². The summed E-state index contributed by atoms with van der Waals surface area (Å²) in [6, 6.07) is 5.26. The number of halogens is 1. The summed E-state index contributed by atoms with van der Waals surface area (Å²) in [5, 5.41) is 0. The first-order valence-electron chi connectivity index (χ1n) is 4.65. The molecule has 2 heterocycles. The number of carbonyl (C=O) groups excluding carboxylic acids is 1. The van der Waals surface area contributed by atoms with Gasteiger partial charge < -0.3 is 0 Å². The molecule has 0 N–H and O–H groups in total. The quantitative estimate of drug-likeness (QED) is 0.806. The van der Waals surface area contributed by atoms with E-state index in [-0.39, 0.29) is 12.2 Å². The summed E-state index contributed by atoms with van der Waals surface area (Å²) in [6.07, 6.45) is 4.84. The fourth-order valence-electron chi connectivity index (χ4n) is 1.22. The maximum absolute atomic E-state index is 11.8. The summed E-state index contributed by atoms with van der Waals surface area (Å²) in [5.74, 6) is -0.0581. The summed E-state index contributed by atoms with van der Waals surface area (Å²) in [7, 11) is 0. The predicted octanol–water partition coefficient (Wildman–Crippen LogP) is 2.06. The second-order valence-corrected chi connectivity index (χ2v) is 4.08. The second-order valence-electron chi connectivity index (χ2n) is 3.16. The molecule has 0 aliphatic heterocycles. The average Bonchev–Trinajstić information content (AvgIpc) is 2.33. The lowest BCUT2D eigenvalue weighted by Gasteiger charge is -1.99. The van der Waals surface area contributed by atoms with Crippen LogP contribution in [0.4, 0.5) is 0 Å². The largest absolute Gasteiger partial charge is 0.292 e. The Morgan fingerprint density at radius 1 is 1.25 bits per heavy atom. The molecule has 4 nitrogen and oxygen atoms in total. The van der Waals surface area contributed by atoms with Gasteiger partial charge in [0, 0.05) is 22.6 Å². The zero-order chi connectivity index (χ0) is 11.4. The molecular weight excluding hydrogens is 270 g/mol. The van der Waals surface area contributed by atoms with Crippen LogP contribution in [0.3, 0.4) is 0 Å². The zero-order valence-corrected chi connectivity index (χ0v) is 9.89. The Morgan fingerprint density at radius 3 is 2.75 bits per heavy atom. The Balaban J connectivity index is 2.11. The molecule has 0 spiro atoms. The van der Waals surface area contributed by atoms with Gasteiger partial charge in [0.1, 0.15) is 12.0 Å². The number of carbonyl (C=O) groups is 1. The fourth-order valence-corrected chi connectivity index (χ4v) is 1.46. The van der Waals surface area contributed by atoms with Crippen molar-refractivity contribution in [2.24, 2.45) is 0 Å². The van der Waals surface area contributed by atoms with E-state index in [0.717, 1.165) is 10.2 Å². The molecule has 0 atom stereocenters. The molecule has 0 amide bonds. The number of Topliss-reactive ketones (excluding diaryl/α,β-unsaturated/α-hetero) is 1. The van der Waals surface area contributed by atoms with Crippen molar-refractivity contribution < 1.29 is 4.79 Å². The van der Waals surface area contributed by atoms with E-state index in [4.69, 9.17) is 0 Å². The Kier molecular flexibility index (Phi) is 3.36. The van der Waals surface area contributed by atoms with Gasteiger partial charge in [-0.2, -0.15) is 0 Å². The van der Waals surface area contributed by atoms with E-state index >= 15 is 0 Å². The van der Waals surface area contributed by atoms with Crippen molar-refractivity contribution in [2.75, 3.05) is 0 Å². The first-order valence-corrected chi connectivity index (χ1v) is 5.44. The van der Waals surface area contributed by atoms with Crippen LogP contribution in [-0.2, 0) is 6.42 Å². The summed E-state index contributed by atoms with van der Waals surface area (Å²) in [5.41, 5.74) is 1.14. The van der Waals surface area contributed by atoms with E-state index < -0.39 is 0 Å². The highest BCUT2D eigenvalue weighted by atomic mass is 79.9. The number of hydrogen-bond acceptors (Lipinski definition) is 4. The third-order valence-corrected chi connectivity index (χ3v) is 2.47. The first-order chi connectivity index (χ1) is 7.75. The van der Waals surface area contributed by atoms with Gasteiger partial charge >= 0.3 is 0 Å². The molecule has 2 aromatic rings. The minimum atomic E-state index is -0.0581. The summed E-state index contributed by atoms with van der Waals surface area (Å²) < 4.78 is 0.894. The Morgan fingerprint density at radius 2 is 2.12 bits per heavy atom. The van der Waals surface area contributed by atoms with Crippen molar-refractivity contribution >= 4 is 21.7 Å². The second kappa shape index (κ2) is 4.94. The van der Waals surface area contributed by atoms with Gasteiger partial charge in [-0.05, 0) is 34.1 Å². The smallest absolute Gasteiger partial charge is 0.187 e. The number of ketones is 1. The summed E-state index contributed by atoms with van der Waals surface area (Å²) in [6.45, 7) is 0. The molecule has 0 saturated carbocycles. The molecule has 2 aromatic heterocycles. The van der Waals surface area contributed by atoms with E-state index in [1.54, 1.807) is 18.5 Å². The van der Waals surface area contributed by atoms with Crippen LogP contribution in [0.5, 0.6) is 0 Å². The van der Waals surface area contributed by atoms with Crippen LogP contribution in [0.15, 0.2) is 41.4 Å². The minimum Gasteiger partial charge on any atom is -0.292 e. The monoisotopic (exact) mass is 277 g/mol. The molecule has 0 radical (unpaired) electrons. The normalized spacial score (nSPS) is 10.1. The van der Waals surface area contributed by atoms with E-state index in [0.29, 0.717) is 5.69 Å². The van der Waals surface area contributed by atoms with Gasteiger partial charge in [0.15, 0.2) is 5.78 Å². The molecule has 0 aliphatic rings. The Bertz CT molecular complexity index is 484. The molecule has 0 fully saturated rings. The number of aromatic nitrogens is 3. The summed E-state index contributed by atoms with van der Waals surface area (Å²) >= 11 is 3.29. The lowest BCUT2D eigenvalue weighted by atomic mass is 10.1. The standard InChI is InChI=1S/C11H8BrN3O/c12-8-1-2-9(14-6-8)5-11(16)10-3-4-13-7-15-10/h1-4,6-7H,5H2. The number of nitrogens with zero attached hydrogens (tertiary/aromatic N) is 3. The molecular formula is C11H8BrN3O. The number of hydrogen-bond donors (Lipinski definition) is 0. The fraction of sp³-hybridized carbons (Fsp3) is 0.0909. The van der Waals surface area contributed by atoms with E-state index in [1.807, 2.05) is 12.1 Å². The third kappa shape index (κ3) is 2.70. The molecule has 16 heavy (non-hydrogen) atoms. The summed E-state index contributed by atoms with van der Waals surface area (Å²) in [4.78, 5) is 23.5. The molecule has 0 bridgehead atoms. The first kappa shape index (κ1) is 10.9. The number of rotatable bonds is 3. The number of pyridine rings is 1. The van der Waals surface area contributed by atoms with Crippen molar-refractivity contribution in [3.05, 3.63) is 52.8 Å². The lowest BCUT2D eigenvalue weighted by molar-refractivity contribution is 0.0987. The third-order valence-electron chi connectivity index (χ3n) is 2.00. The highest BCUT2D eigenvalue weighted by Gasteiger charge is 2.08. The van der Waals surface area contributed by atoms with Crippen molar-refractivity contribution in [3.8, 4) is 0 Å². The van der Waals surface area contributed by atoms with Gasteiger partial charge in [-0.3, -0.25) is 9.78 Å². The zero-order valence-electron chi connectivity index (χ0n) is 8.30.